The van der Waals surface area contributed by atoms with Gasteiger partial charge >= 0.3 is 5.97 Å². The van der Waals surface area contributed by atoms with Gasteiger partial charge in [-0.05, 0) is 11.6 Å². The quantitative estimate of drug-likeness (QED) is 0.852. The lowest BCUT2D eigenvalue weighted by Crippen LogP contribution is -2.00. The second-order valence-corrected chi connectivity index (χ2v) is 3.52. The van der Waals surface area contributed by atoms with E-state index in [-0.39, 0.29) is 24.8 Å². The summed E-state index contributed by atoms with van der Waals surface area (Å²) in [5, 5.41) is 6.72. The highest BCUT2D eigenvalue weighted by molar-refractivity contribution is 5.88. The van der Waals surface area contributed by atoms with Crippen molar-refractivity contribution in [2.45, 2.75) is 6.54 Å². The van der Waals surface area contributed by atoms with Crippen LogP contribution in [0.15, 0.2) is 30.3 Å². The van der Waals surface area contributed by atoms with E-state index in [1.165, 1.54) is 7.11 Å². The summed E-state index contributed by atoms with van der Waals surface area (Å²) in [4.78, 5) is 11.3. The van der Waals surface area contributed by atoms with Gasteiger partial charge in [0, 0.05) is 12.1 Å². The number of carbonyl (C=O) groups excluding carboxylic acids is 1. The monoisotopic (exact) mass is 303 g/mol. The van der Waals surface area contributed by atoms with Crippen LogP contribution >= 0.6 is 24.8 Å². The zero-order chi connectivity index (χ0) is 12.3. The first kappa shape index (κ1) is 17.4. The summed E-state index contributed by atoms with van der Waals surface area (Å²) in [7, 11) is 1.33. The predicted molar refractivity (Wildman–Crippen MR) is 77.8 cm³/mol. The first-order valence-electron chi connectivity index (χ1n) is 5.18. The summed E-state index contributed by atoms with van der Waals surface area (Å²) >= 11 is 0. The Hall–Kier alpha value is -1.56. The molecule has 0 spiro atoms. The number of nitrogens with zero attached hydrogens (tertiary/aromatic N) is 1. The van der Waals surface area contributed by atoms with Gasteiger partial charge in [0.1, 0.15) is 5.69 Å². The van der Waals surface area contributed by atoms with Crippen LogP contribution in [0.3, 0.4) is 0 Å². The van der Waals surface area contributed by atoms with E-state index in [9.17, 15) is 4.79 Å². The Morgan fingerprint density at radius 3 is 2.68 bits per heavy atom. The lowest BCUT2D eigenvalue weighted by atomic mass is 10.0. The number of halogens is 2. The third-order valence-electron chi connectivity index (χ3n) is 2.50. The van der Waals surface area contributed by atoms with E-state index in [2.05, 4.69) is 14.9 Å². The Morgan fingerprint density at radius 2 is 2.05 bits per heavy atom. The number of H-pyrrole nitrogens is 1. The van der Waals surface area contributed by atoms with Crippen molar-refractivity contribution in [1.82, 2.24) is 10.2 Å². The number of hydrogen-bond acceptors (Lipinski definition) is 4. The number of carbonyl (C=O) groups is 1. The Labute approximate surface area is 123 Å². The number of aromatic nitrogens is 2. The van der Waals surface area contributed by atoms with Crippen molar-refractivity contribution in [1.29, 1.82) is 0 Å². The van der Waals surface area contributed by atoms with Gasteiger partial charge in [0.25, 0.3) is 0 Å². The van der Waals surface area contributed by atoms with Crippen molar-refractivity contribution in [3.05, 3.63) is 41.6 Å². The van der Waals surface area contributed by atoms with E-state index < -0.39 is 5.97 Å². The zero-order valence-corrected chi connectivity index (χ0v) is 11.9. The highest BCUT2D eigenvalue weighted by Gasteiger charge is 2.12. The number of hydrogen-bond donors (Lipinski definition) is 2. The molecule has 0 fully saturated rings. The summed E-state index contributed by atoms with van der Waals surface area (Å²) in [6, 6.07) is 9.32. The number of rotatable bonds is 3. The molecule has 5 nitrogen and oxygen atoms in total. The number of nitrogens with two attached hydrogens (primary N) is 1. The molecular formula is C12H15Cl2N3O2. The average molecular weight is 304 g/mol. The van der Waals surface area contributed by atoms with Crippen molar-refractivity contribution in [3.63, 3.8) is 0 Å². The van der Waals surface area contributed by atoms with Gasteiger partial charge in [0.05, 0.1) is 12.8 Å². The van der Waals surface area contributed by atoms with Gasteiger partial charge < -0.3 is 10.5 Å². The standard InChI is InChI=1S/C12H13N3O2.2ClH/c1-17-12(16)11-6-10(14-15-11)9-5-3-2-4-8(9)7-13;;/h2-6H,7,13H2,1H3,(H,14,15);2*1H. The van der Waals surface area contributed by atoms with E-state index in [0.717, 1.165) is 11.1 Å². The van der Waals surface area contributed by atoms with E-state index in [4.69, 9.17) is 5.73 Å². The molecule has 0 bridgehead atoms. The number of methoxy groups -OCH3 is 1. The van der Waals surface area contributed by atoms with E-state index in [1.807, 2.05) is 24.3 Å². The summed E-state index contributed by atoms with van der Waals surface area (Å²) in [6.45, 7) is 0.427. The van der Waals surface area contributed by atoms with Crippen LogP contribution in [0.5, 0.6) is 0 Å². The van der Waals surface area contributed by atoms with Gasteiger partial charge in [0.2, 0.25) is 0 Å². The molecule has 0 aliphatic rings. The summed E-state index contributed by atoms with van der Waals surface area (Å²) < 4.78 is 4.61. The molecule has 0 saturated heterocycles. The van der Waals surface area contributed by atoms with Gasteiger partial charge in [-0.2, -0.15) is 5.10 Å². The van der Waals surface area contributed by atoms with Gasteiger partial charge in [-0.1, -0.05) is 24.3 Å². The fourth-order valence-corrected chi connectivity index (χ4v) is 1.62. The molecule has 0 aliphatic carbocycles. The lowest BCUT2D eigenvalue weighted by molar-refractivity contribution is 0.0594. The van der Waals surface area contributed by atoms with E-state index in [0.29, 0.717) is 17.9 Å². The Bertz CT molecular complexity index is 543. The van der Waals surface area contributed by atoms with E-state index >= 15 is 0 Å². The minimum absolute atomic E-state index is 0. The molecule has 0 unspecified atom stereocenters. The number of aromatic amines is 1. The second-order valence-electron chi connectivity index (χ2n) is 3.52. The molecule has 2 aromatic rings. The number of nitrogens with one attached hydrogen (secondary N) is 1. The third kappa shape index (κ3) is 3.70. The number of esters is 1. The first-order valence-corrected chi connectivity index (χ1v) is 5.18. The summed E-state index contributed by atoms with van der Waals surface area (Å²) in [6.07, 6.45) is 0. The molecule has 19 heavy (non-hydrogen) atoms. The second kappa shape index (κ2) is 7.78. The van der Waals surface area contributed by atoms with Gasteiger partial charge in [0.15, 0.2) is 0 Å². The molecule has 1 aromatic heterocycles. The molecule has 0 aliphatic heterocycles. The summed E-state index contributed by atoms with van der Waals surface area (Å²) in [5.74, 6) is -0.436. The Morgan fingerprint density at radius 1 is 1.37 bits per heavy atom. The lowest BCUT2D eigenvalue weighted by Gasteiger charge is -2.03. The van der Waals surface area contributed by atoms with Crippen LogP contribution in [-0.4, -0.2) is 23.3 Å². The molecule has 0 saturated carbocycles. The molecule has 104 valence electrons. The molecule has 0 amide bonds. The van der Waals surface area contributed by atoms with Crippen LogP contribution in [0, 0.1) is 0 Å². The molecular weight excluding hydrogens is 289 g/mol. The van der Waals surface area contributed by atoms with Crippen LogP contribution in [0.4, 0.5) is 0 Å². The molecule has 1 heterocycles. The average Bonchev–Trinajstić information content (AvgIpc) is 2.87. The SMILES string of the molecule is COC(=O)c1cc(-c2ccccc2CN)n[nH]1.Cl.Cl. The third-order valence-corrected chi connectivity index (χ3v) is 2.50. The van der Waals surface area contributed by atoms with Crippen molar-refractivity contribution in [3.8, 4) is 11.3 Å². The van der Waals surface area contributed by atoms with Gasteiger partial charge in [-0.15, -0.1) is 24.8 Å². The van der Waals surface area contributed by atoms with Crippen LogP contribution in [0.1, 0.15) is 16.1 Å². The maximum absolute atomic E-state index is 11.3. The van der Waals surface area contributed by atoms with Crippen LogP contribution in [-0.2, 0) is 11.3 Å². The van der Waals surface area contributed by atoms with Crippen molar-refractivity contribution in [2.24, 2.45) is 5.73 Å². The van der Waals surface area contributed by atoms with Gasteiger partial charge in [-0.3, -0.25) is 5.10 Å². The maximum atomic E-state index is 11.3. The highest BCUT2D eigenvalue weighted by Crippen LogP contribution is 2.22. The molecule has 1 aromatic carbocycles. The van der Waals surface area contributed by atoms with E-state index in [1.54, 1.807) is 6.07 Å². The first-order chi connectivity index (χ1) is 8.26. The van der Waals surface area contributed by atoms with Crippen molar-refractivity contribution >= 4 is 30.8 Å². The number of ether oxygens (including phenoxy) is 1. The fourth-order valence-electron chi connectivity index (χ4n) is 1.62. The van der Waals surface area contributed by atoms with Crippen molar-refractivity contribution < 1.29 is 9.53 Å². The Kier molecular flexibility index (Phi) is 7.14. The van der Waals surface area contributed by atoms with Crippen LogP contribution < -0.4 is 5.73 Å². The van der Waals surface area contributed by atoms with Crippen LogP contribution in [0.25, 0.3) is 11.3 Å². The minimum atomic E-state index is -0.436. The molecule has 3 N–H and O–H groups in total. The molecule has 7 heteroatoms. The normalized spacial score (nSPS) is 9.16. The summed E-state index contributed by atoms with van der Waals surface area (Å²) in [5.41, 5.74) is 8.57. The van der Waals surface area contributed by atoms with Crippen molar-refractivity contribution in [2.75, 3.05) is 7.11 Å². The Balaban J connectivity index is 0.00000162. The molecule has 0 radical (unpaired) electrons. The highest BCUT2D eigenvalue weighted by atomic mass is 35.5. The topological polar surface area (TPSA) is 81.0 Å². The largest absolute Gasteiger partial charge is 0.464 e. The minimum Gasteiger partial charge on any atom is -0.464 e. The predicted octanol–water partition coefficient (Wildman–Crippen LogP) is 2.17. The van der Waals surface area contributed by atoms with Gasteiger partial charge in [-0.25, -0.2) is 4.79 Å². The number of benzene rings is 1. The molecule has 2 rings (SSSR count). The van der Waals surface area contributed by atoms with Crippen LogP contribution in [0.2, 0.25) is 0 Å². The smallest absolute Gasteiger partial charge is 0.356 e. The zero-order valence-electron chi connectivity index (χ0n) is 10.3. The fraction of sp³-hybridized carbons (Fsp3) is 0.167. The maximum Gasteiger partial charge on any atom is 0.356 e. The molecule has 0 atom stereocenters.